The molecule has 0 radical (unpaired) electrons. The van der Waals surface area contributed by atoms with Gasteiger partial charge in [-0.3, -0.25) is 0 Å². The van der Waals surface area contributed by atoms with Gasteiger partial charge in [-0.25, -0.2) is 4.98 Å². The molecule has 0 spiro atoms. The summed E-state index contributed by atoms with van der Waals surface area (Å²) in [5, 5.41) is 0.843. The third-order valence-electron chi connectivity index (χ3n) is 3.35. The lowest BCUT2D eigenvalue weighted by Gasteiger charge is -2.11. The summed E-state index contributed by atoms with van der Waals surface area (Å²) in [5.74, 6) is 0. The van der Waals surface area contributed by atoms with Crippen molar-refractivity contribution in [2.24, 2.45) is 5.73 Å². The summed E-state index contributed by atoms with van der Waals surface area (Å²) in [6.07, 6.45) is 3.20. The number of benzene rings is 1. The van der Waals surface area contributed by atoms with Crippen LogP contribution in [0.5, 0.6) is 0 Å². The van der Waals surface area contributed by atoms with Gasteiger partial charge in [0.05, 0.1) is 11.7 Å². The van der Waals surface area contributed by atoms with Crippen molar-refractivity contribution in [3.63, 3.8) is 0 Å². The van der Waals surface area contributed by atoms with Gasteiger partial charge in [0.1, 0.15) is 5.01 Å². The summed E-state index contributed by atoms with van der Waals surface area (Å²) < 4.78 is 36.9. The molecule has 3 rings (SSSR count). The molecule has 1 heterocycles. The van der Waals surface area contributed by atoms with Crippen molar-refractivity contribution in [2.45, 2.75) is 35.7 Å². The molecule has 0 saturated carbocycles. The quantitative estimate of drug-likeness (QED) is 0.853. The van der Waals surface area contributed by atoms with Crippen LogP contribution in [0.15, 0.2) is 29.2 Å². The number of thioether (sulfide) groups is 1. The number of fused-ring (bicyclic) bond motifs is 1. The third-order valence-corrected chi connectivity index (χ3v) is 5.33. The number of hydrogen-bond acceptors (Lipinski definition) is 4. The fourth-order valence-electron chi connectivity index (χ4n) is 2.36. The minimum atomic E-state index is -4.26. The standard InChI is InChI=1S/C14H13F3N2S2/c15-14(16,17)21-9-6-4-8(5-7-9)12(18)13-19-10-2-1-3-11(10)20-13/h4-7,12H,1-3,18H2. The summed E-state index contributed by atoms with van der Waals surface area (Å²) in [6.45, 7) is 0. The molecule has 0 amide bonds. The summed E-state index contributed by atoms with van der Waals surface area (Å²) in [5.41, 5.74) is 3.83. The van der Waals surface area contributed by atoms with Gasteiger partial charge in [-0.15, -0.1) is 11.3 Å². The van der Waals surface area contributed by atoms with Crippen molar-refractivity contribution in [1.29, 1.82) is 0 Å². The van der Waals surface area contributed by atoms with Crippen LogP contribution < -0.4 is 5.73 Å². The van der Waals surface area contributed by atoms with Gasteiger partial charge in [0, 0.05) is 9.77 Å². The summed E-state index contributed by atoms with van der Waals surface area (Å²) >= 11 is 1.50. The number of aryl methyl sites for hydroxylation is 2. The van der Waals surface area contributed by atoms with Gasteiger partial charge in [0.25, 0.3) is 0 Å². The average Bonchev–Trinajstić information content (AvgIpc) is 2.97. The van der Waals surface area contributed by atoms with E-state index in [0.717, 1.165) is 35.5 Å². The van der Waals surface area contributed by atoms with Gasteiger partial charge in [-0.05, 0) is 48.7 Å². The maximum Gasteiger partial charge on any atom is 0.446 e. The number of rotatable bonds is 3. The van der Waals surface area contributed by atoms with Crippen LogP contribution >= 0.6 is 23.1 Å². The molecule has 112 valence electrons. The van der Waals surface area contributed by atoms with Crippen molar-refractivity contribution < 1.29 is 13.2 Å². The van der Waals surface area contributed by atoms with Crippen LogP contribution in [-0.4, -0.2) is 10.5 Å². The Bertz CT molecular complexity index is 613. The Morgan fingerprint density at radius 3 is 2.52 bits per heavy atom. The number of nitrogens with two attached hydrogens (primary N) is 1. The van der Waals surface area contributed by atoms with Crippen molar-refractivity contribution in [1.82, 2.24) is 4.98 Å². The van der Waals surface area contributed by atoms with Gasteiger partial charge in [0.15, 0.2) is 0 Å². The van der Waals surface area contributed by atoms with Gasteiger partial charge < -0.3 is 5.73 Å². The molecule has 0 bridgehead atoms. The normalized spacial score (nSPS) is 16.0. The summed E-state index contributed by atoms with van der Waals surface area (Å²) in [7, 11) is 0. The van der Waals surface area contributed by atoms with E-state index < -0.39 is 5.51 Å². The van der Waals surface area contributed by atoms with E-state index >= 15 is 0 Å². The number of thiazole rings is 1. The highest BCUT2D eigenvalue weighted by Gasteiger charge is 2.29. The van der Waals surface area contributed by atoms with E-state index in [2.05, 4.69) is 4.98 Å². The Morgan fingerprint density at radius 2 is 1.90 bits per heavy atom. The number of alkyl halides is 3. The van der Waals surface area contributed by atoms with Crippen molar-refractivity contribution in [3.8, 4) is 0 Å². The second-order valence-corrected chi connectivity index (χ2v) is 7.12. The van der Waals surface area contributed by atoms with E-state index in [9.17, 15) is 13.2 Å². The molecule has 7 heteroatoms. The van der Waals surface area contributed by atoms with Crippen molar-refractivity contribution in [3.05, 3.63) is 45.4 Å². The lowest BCUT2D eigenvalue weighted by atomic mass is 10.1. The Morgan fingerprint density at radius 1 is 1.19 bits per heavy atom. The number of nitrogens with zero attached hydrogens (tertiary/aromatic N) is 1. The first kappa shape index (κ1) is 14.9. The van der Waals surface area contributed by atoms with E-state index in [0.29, 0.717) is 0 Å². The molecule has 2 N–H and O–H groups in total. The maximum atomic E-state index is 12.3. The van der Waals surface area contributed by atoms with Crippen LogP contribution in [0.4, 0.5) is 13.2 Å². The van der Waals surface area contributed by atoms with E-state index in [-0.39, 0.29) is 22.7 Å². The fourth-order valence-corrected chi connectivity index (χ4v) is 4.09. The molecule has 21 heavy (non-hydrogen) atoms. The fraction of sp³-hybridized carbons (Fsp3) is 0.357. The molecule has 1 aromatic heterocycles. The first-order chi connectivity index (χ1) is 9.92. The maximum absolute atomic E-state index is 12.3. The molecule has 1 unspecified atom stereocenters. The first-order valence-electron chi connectivity index (χ1n) is 6.52. The molecule has 2 nitrogen and oxygen atoms in total. The van der Waals surface area contributed by atoms with Gasteiger partial charge in [-0.1, -0.05) is 12.1 Å². The Labute approximate surface area is 128 Å². The first-order valence-corrected chi connectivity index (χ1v) is 8.15. The molecule has 1 aromatic carbocycles. The van der Waals surface area contributed by atoms with E-state index in [1.165, 1.54) is 17.0 Å². The predicted octanol–water partition coefficient (Wildman–Crippen LogP) is 4.29. The van der Waals surface area contributed by atoms with Crippen LogP contribution in [-0.2, 0) is 12.8 Å². The number of hydrogen-bond donors (Lipinski definition) is 1. The van der Waals surface area contributed by atoms with Gasteiger partial charge in [-0.2, -0.15) is 13.2 Å². The van der Waals surface area contributed by atoms with Crippen LogP contribution in [0, 0.1) is 0 Å². The van der Waals surface area contributed by atoms with Crippen LogP contribution in [0.2, 0.25) is 0 Å². The average molecular weight is 330 g/mol. The minimum Gasteiger partial charge on any atom is -0.318 e. The second kappa shape index (κ2) is 5.62. The number of halogens is 3. The third kappa shape index (κ3) is 3.41. The molecule has 0 saturated heterocycles. The number of aromatic nitrogens is 1. The van der Waals surface area contributed by atoms with Crippen LogP contribution in [0.3, 0.4) is 0 Å². The molecule has 0 fully saturated rings. The minimum absolute atomic E-state index is 0.118. The summed E-state index contributed by atoms with van der Waals surface area (Å²) in [4.78, 5) is 6.02. The smallest absolute Gasteiger partial charge is 0.318 e. The van der Waals surface area contributed by atoms with Crippen molar-refractivity contribution >= 4 is 23.1 Å². The monoisotopic (exact) mass is 330 g/mol. The highest BCUT2D eigenvalue weighted by Crippen LogP contribution is 2.37. The van der Waals surface area contributed by atoms with E-state index in [1.54, 1.807) is 23.5 Å². The zero-order valence-electron chi connectivity index (χ0n) is 11.0. The summed E-state index contributed by atoms with van der Waals surface area (Å²) in [6, 6.07) is 5.82. The molecule has 2 aromatic rings. The van der Waals surface area contributed by atoms with Gasteiger partial charge in [0.2, 0.25) is 0 Å². The second-order valence-electron chi connectivity index (χ2n) is 4.87. The predicted molar refractivity (Wildman–Crippen MR) is 78.5 cm³/mol. The van der Waals surface area contributed by atoms with Crippen LogP contribution in [0.1, 0.15) is 33.6 Å². The SMILES string of the molecule is NC(c1ccc(SC(F)(F)F)cc1)c1nc2c(s1)CCC2. The Hall–Kier alpha value is -1.05. The van der Waals surface area contributed by atoms with Crippen molar-refractivity contribution in [2.75, 3.05) is 0 Å². The Balaban J connectivity index is 1.76. The highest BCUT2D eigenvalue weighted by atomic mass is 32.2. The molecular formula is C14H13F3N2S2. The topological polar surface area (TPSA) is 38.9 Å². The molecule has 0 aliphatic heterocycles. The van der Waals surface area contributed by atoms with E-state index in [1.807, 2.05) is 0 Å². The highest BCUT2D eigenvalue weighted by molar-refractivity contribution is 8.00. The Kier molecular flexibility index (Phi) is 3.98. The van der Waals surface area contributed by atoms with Gasteiger partial charge >= 0.3 is 5.51 Å². The zero-order valence-corrected chi connectivity index (χ0v) is 12.6. The zero-order chi connectivity index (χ0) is 15.0. The largest absolute Gasteiger partial charge is 0.446 e. The van der Waals surface area contributed by atoms with Crippen LogP contribution in [0.25, 0.3) is 0 Å². The molecule has 1 aliphatic carbocycles. The lowest BCUT2D eigenvalue weighted by molar-refractivity contribution is -0.0328. The van der Waals surface area contributed by atoms with E-state index in [4.69, 9.17) is 5.73 Å². The lowest BCUT2D eigenvalue weighted by Crippen LogP contribution is -2.11. The molecule has 1 aliphatic rings. The molecule has 1 atom stereocenters. The molecular weight excluding hydrogens is 317 g/mol.